The number of amides is 1. The minimum atomic E-state index is -0.107. The molecule has 0 bridgehead atoms. The summed E-state index contributed by atoms with van der Waals surface area (Å²) in [5.74, 6) is 1.07. The summed E-state index contributed by atoms with van der Waals surface area (Å²) in [5.41, 5.74) is 0.946. The van der Waals surface area contributed by atoms with Crippen LogP contribution in [0.2, 0.25) is 0 Å². The van der Waals surface area contributed by atoms with Crippen LogP contribution >= 0.6 is 15.9 Å². The monoisotopic (exact) mass is 415 g/mol. The van der Waals surface area contributed by atoms with E-state index in [0.29, 0.717) is 24.1 Å². The van der Waals surface area contributed by atoms with Gasteiger partial charge in [0.25, 0.3) is 5.89 Å². The highest BCUT2D eigenvalue weighted by Gasteiger charge is 2.16. The van der Waals surface area contributed by atoms with Crippen LogP contribution in [0.4, 0.5) is 0 Å². The van der Waals surface area contributed by atoms with Gasteiger partial charge in [-0.3, -0.25) is 4.79 Å². The smallest absolute Gasteiger partial charge is 0.283 e. The van der Waals surface area contributed by atoms with Crippen LogP contribution in [0.25, 0.3) is 17.7 Å². The number of nitrogens with zero attached hydrogens (tertiary/aromatic N) is 3. The van der Waals surface area contributed by atoms with Crippen molar-refractivity contribution in [2.45, 2.75) is 19.9 Å². The first-order chi connectivity index (χ1) is 12.7. The summed E-state index contributed by atoms with van der Waals surface area (Å²) in [6.07, 6.45) is 5.72. The highest BCUT2D eigenvalue weighted by atomic mass is 79.9. The van der Waals surface area contributed by atoms with Crippen LogP contribution in [0, 0.1) is 0 Å². The van der Waals surface area contributed by atoms with E-state index in [1.807, 2.05) is 31.2 Å². The Morgan fingerprint density at radius 1 is 1.27 bits per heavy atom. The molecule has 0 aliphatic rings. The number of halogens is 1. The Morgan fingerprint density at radius 2 is 2.15 bits per heavy atom. The van der Waals surface area contributed by atoms with Crippen LogP contribution in [-0.2, 0) is 11.3 Å². The topological polar surface area (TPSA) is 72.4 Å². The Balaban J connectivity index is 1.69. The summed E-state index contributed by atoms with van der Waals surface area (Å²) in [6.45, 7) is 2.86. The van der Waals surface area contributed by atoms with Gasteiger partial charge in [0.05, 0.1) is 12.8 Å². The molecule has 0 atom stereocenters. The molecule has 0 radical (unpaired) electrons. The van der Waals surface area contributed by atoms with Crippen molar-refractivity contribution in [3.8, 4) is 11.7 Å². The third-order valence-corrected chi connectivity index (χ3v) is 4.09. The molecule has 0 aliphatic carbocycles. The molecular formula is C19H18BrN3O3. The first-order valence-electron chi connectivity index (χ1n) is 8.24. The molecule has 0 aliphatic heterocycles. The van der Waals surface area contributed by atoms with Crippen molar-refractivity contribution in [1.29, 1.82) is 0 Å². The maximum Gasteiger partial charge on any atom is 0.283 e. The number of aromatic nitrogens is 2. The molecular weight excluding hydrogens is 398 g/mol. The summed E-state index contributed by atoms with van der Waals surface area (Å²) in [7, 11) is 0. The number of carbonyl (C=O) groups excluding carboxylic acids is 1. The van der Waals surface area contributed by atoms with Crippen LogP contribution in [-0.4, -0.2) is 27.5 Å². The number of carbonyl (C=O) groups is 1. The van der Waals surface area contributed by atoms with Gasteiger partial charge < -0.3 is 13.7 Å². The quantitative estimate of drug-likeness (QED) is 0.529. The summed E-state index contributed by atoms with van der Waals surface area (Å²) in [6, 6.07) is 11.2. The maximum atomic E-state index is 12.6. The van der Waals surface area contributed by atoms with Gasteiger partial charge in [-0.2, -0.15) is 0 Å². The molecule has 0 N–H and O–H groups in total. The highest BCUT2D eigenvalue weighted by Crippen LogP contribution is 2.19. The zero-order chi connectivity index (χ0) is 18.4. The van der Waals surface area contributed by atoms with E-state index in [9.17, 15) is 4.79 Å². The molecule has 134 valence electrons. The SMILES string of the molecule is CCCN(Cc1nnc(-c2ccco2)o1)C(=O)/C=C/c1cccc(Br)c1. The molecule has 2 heterocycles. The predicted octanol–water partition coefficient (Wildman–Crippen LogP) is 4.54. The largest absolute Gasteiger partial charge is 0.459 e. The molecule has 0 spiro atoms. The Bertz CT molecular complexity index is 887. The molecule has 0 fully saturated rings. The van der Waals surface area contributed by atoms with E-state index in [2.05, 4.69) is 26.1 Å². The molecule has 26 heavy (non-hydrogen) atoms. The normalized spacial score (nSPS) is 11.2. The number of hydrogen-bond donors (Lipinski definition) is 0. The van der Waals surface area contributed by atoms with Gasteiger partial charge in [-0.15, -0.1) is 10.2 Å². The fraction of sp³-hybridized carbons (Fsp3) is 0.211. The second-order valence-corrected chi connectivity index (χ2v) is 6.54. The molecule has 0 saturated carbocycles. The van der Waals surface area contributed by atoms with Gasteiger partial charge in [0, 0.05) is 17.1 Å². The van der Waals surface area contributed by atoms with E-state index in [1.165, 1.54) is 0 Å². The molecule has 1 aromatic carbocycles. The lowest BCUT2D eigenvalue weighted by Gasteiger charge is -2.18. The summed E-state index contributed by atoms with van der Waals surface area (Å²) in [5, 5.41) is 7.97. The zero-order valence-electron chi connectivity index (χ0n) is 14.3. The van der Waals surface area contributed by atoms with Gasteiger partial charge in [0.1, 0.15) is 0 Å². The van der Waals surface area contributed by atoms with Crippen molar-refractivity contribution < 1.29 is 13.6 Å². The Hall–Kier alpha value is -2.67. The van der Waals surface area contributed by atoms with E-state index >= 15 is 0 Å². The average molecular weight is 416 g/mol. The van der Waals surface area contributed by atoms with Gasteiger partial charge in [0.15, 0.2) is 5.76 Å². The van der Waals surface area contributed by atoms with Gasteiger partial charge >= 0.3 is 0 Å². The van der Waals surface area contributed by atoms with E-state index in [4.69, 9.17) is 8.83 Å². The van der Waals surface area contributed by atoms with E-state index < -0.39 is 0 Å². The van der Waals surface area contributed by atoms with Crippen LogP contribution in [0.1, 0.15) is 24.8 Å². The van der Waals surface area contributed by atoms with Crippen molar-refractivity contribution in [3.63, 3.8) is 0 Å². The van der Waals surface area contributed by atoms with Gasteiger partial charge in [-0.05, 0) is 42.3 Å². The van der Waals surface area contributed by atoms with Crippen LogP contribution < -0.4 is 0 Å². The van der Waals surface area contributed by atoms with Crippen LogP contribution in [0.3, 0.4) is 0 Å². The second kappa shape index (κ2) is 8.62. The first-order valence-corrected chi connectivity index (χ1v) is 9.04. The van der Waals surface area contributed by atoms with E-state index in [1.54, 1.807) is 35.4 Å². The third-order valence-electron chi connectivity index (χ3n) is 3.60. The Labute approximate surface area is 159 Å². The standard InChI is InChI=1S/C19H18BrN3O3/c1-2-10-23(18(24)9-8-14-5-3-6-15(20)12-14)13-17-21-22-19(26-17)16-7-4-11-25-16/h3-9,11-12H,2,10,13H2,1H3/b9-8+. The first kappa shape index (κ1) is 18.1. The van der Waals surface area contributed by atoms with E-state index in [-0.39, 0.29) is 12.5 Å². The summed E-state index contributed by atoms with van der Waals surface area (Å²) >= 11 is 3.42. The van der Waals surface area contributed by atoms with Crippen molar-refractivity contribution >= 4 is 27.9 Å². The fourth-order valence-electron chi connectivity index (χ4n) is 2.40. The zero-order valence-corrected chi connectivity index (χ0v) is 15.8. The van der Waals surface area contributed by atoms with Crippen LogP contribution in [0.15, 0.2) is 62.0 Å². The average Bonchev–Trinajstić information content (AvgIpc) is 3.31. The number of furan rings is 1. The van der Waals surface area contributed by atoms with Crippen molar-refractivity contribution in [3.05, 3.63) is 64.7 Å². The lowest BCUT2D eigenvalue weighted by molar-refractivity contribution is -0.126. The minimum absolute atomic E-state index is 0.107. The van der Waals surface area contributed by atoms with E-state index in [0.717, 1.165) is 16.5 Å². The molecule has 0 unspecified atom stereocenters. The molecule has 3 aromatic rings. The Morgan fingerprint density at radius 3 is 2.88 bits per heavy atom. The van der Waals surface area contributed by atoms with Gasteiger partial charge in [-0.1, -0.05) is 35.0 Å². The van der Waals surface area contributed by atoms with Gasteiger partial charge in [0.2, 0.25) is 11.8 Å². The van der Waals surface area contributed by atoms with Gasteiger partial charge in [-0.25, -0.2) is 0 Å². The Kier molecular flexibility index (Phi) is 6.01. The number of hydrogen-bond acceptors (Lipinski definition) is 5. The van der Waals surface area contributed by atoms with Crippen molar-refractivity contribution in [2.75, 3.05) is 6.54 Å². The number of rotatable bonds is 7. The maximum absolute atomic E-state index is 12.6. The number of benzene rings is 1. The lowest BCUT2D eigenvalue weighted by Crippen LogP contribution is -2.29. The fourth-order valence-corrected chi connectivity index (χ4v) is 2.82. The molecule has 1 amide bonds. The minimum Gasteiger partial charge on any atom is -0.459 e. The molecule has 2 aromatic heterocycles. The molecule has 6 nitrogen and oxygen atoms in total. The van der Waals surface area contributed by atoms with Crippen LogP contribution in [0.5, 0.6) is 0 Å². The molecule has 7 heteroatoms. The molecule has 3 rings (SSSR count). The third kappa shape index (κ3) is 4.70. The lowest BCUT2D eigenvalue weighted by atomic mass is 10.2. The highest BCUT2D eigenvalue weighted by molar-refractivity contribution is 9.10. The summed E-state index contributed by atoms with van der Waals surface area (Å²) in [4.78, 5) is 14.2. The second-order valence-electron chi connectivity index (χ2n) is 5.63. The molecule has 0 saturated heterocycles. The predicted molar refractivity (Wildman–Crippen MR) is 101 cm³/mol. The van der Waals surface area contributed by atoms with Crippen molar-refractivity contribution in [1.82, 2.24) is 15.1 Å². The summed E-state index contributed by atoms with van der Waals surface area (Å²) < 4.78 is 11.8. The van der Waals surface area contributed by atoms with Crippen molar-refractivity contribution in [2.24, 2.45) is 0 Å².